The second kappa shape index (κ2) is 12.5. The summed E-state index contributed by atoms with van der Waals surface area (Å²) in [5.74, 6) is -0.655. The minimum atomic E-state index is -0.655. The third-order valence-electron chi connectivity index (χ3n) is 4.25. The van der Waals surface area contributed by atoms with Crippen molar-refractivity contribution in [3.8, 4) is 0 Å². The van der Waals surface area contributed by atoms with E-state index < -0.39 is 5.79 Å². The van der Waals surface area contributed by atoms with Crippen LogP contribution in [0.15, 0.2) is 5.11 Å². The second-order valence-electron chi connectivity index (χ2n) is 6.97. The number of rotatable bonds is 14. The average molecular weight is 404 g/mol. The monoisotopic (exact) mass is 404 g/mol. The van der Waals surface area contributed by atoms with Crippen LogP contribution in [0.5, 0.6) is 0 Å². The topological polar surface area (TPSA) is 139 Å². The molecule has 162 valence electrons. The zero-order chi connectivity index (χ0) is 20.2. The van der Waals surface area contributed by atoms with Gasteiger partial charge in [-0.25, -0.2) is 0 Å². The lowest BCUT2D eigenvalue weighted by atomic mass is 9.99. The highest BCUT2D eigenvalue weighted by molar-refractivity contribution is 4.96. The highest BCUT2D eigenvalue weighted by atomic mass is 16.8. The highest BCUT2D eigenvalue weighted by Crippen LogP contribution is 2.34. The zero-order valence-corrected chi connectivity index (χ0v) is 16.7. The first-order valence-corrected chi connectivity index (χ1v) is 9.58. The van der Waals surface area contributed by atoms with E-state index in [2.05, 4.69) is 10.0 Å². The van der Waals surface area contributed by atoms with Gasteiger partial charge in [0.2, 0.25) is 0 Å². The molecule has 0 aliphatic carbocycles. The van der Waals surface area contributed by atoms with Crippen molar-refractivity contribution in [1.29, 1.82) is 0 Å². The van der Waals surface area contributed by atoms with E-state index in [0.29, 0.717) is 66.0 Å². The fourth-order valence-electron chi connectivity index (χ4n) is 3.01. The maximum absolute atomic E-state index is 8.11. The summed E-state index contributed by atoms with van der Waals surface area (Å²) in [6.07, 6.45) is -0.593. The molecule has 2 fully saturated rings. The molecule has 2 saturated heterocycles. The van der Waals surface area contributed by atoms with E-state index in [0.717, 1.165) is 0 Å². The van der Waals surface area contributed by atoms with E-state index in [1.807, 2.05) is 13.8 Å². The molecule has 0 aromatic rings. The van der Waals surface area contributed by atoms with Crippen LogP contribution in [-0.4, -0.2) is 96.1 Å². The molecule has 11 heteroatoms. The van der Waals surface area contributed by atoms with Crippen LogP contribution in [0.1, 0.15) is 13.8 Å². The Hall–Kier alpha value is -1.01. The van der Waals surface area contributed by atoms with Gasteiger partial charge in [-0.15, -0.1) is 0 Å². The minimum Gasteiger partial charge on any atom is -0.379 e. The van der Waals surface area contributed by atoms with Gasteiger partial charge in [0.05, 0.1) is 65.5 Å². The Morgan fingerprint density at radius 3 is 2.18 bits per heavy atom. The molecule has 0 bridgehead atoms. The maximum Gasteiger partial charge on any atom is 0.163 e. The first-order valence-electron chi connectivity index (χ1n) is 9.58. The molecular formula is C17H32N4O7. The Labute approximate surface area is 165 Å². The van der Waals surface area contributed by atoms with Crippen LogP contribution in [-0.2, 0) is 33.2 Å². The molecule has 0 unspecified atom stereocenters. The second-order valence-corrected chi connectivity index (χ2v) is 6.97. The summed E-state index contributed by atoms with van der Waals surface area (Å²) in [4.78, 5) is 2.64. The predicted molar refractivity (Wildman–Crippen MR) is 98.8 cm³/mol. The van der Waals surface area contributed by atoms with Gasteiger partial charge in [0, 0.05) is 11.5 Å². The summed E-state index contributed by atoms with van der Waals surface area (Å²) >= 11 is 0. The normalized spacial score (nSPS) is 28.7. The quantitative estimate of drug-likeness (QED) is 0.192. The minimum absolute atomic E-state index is 0.172. The van der Waals surface area contributed by atoms with Crippen LogP contribution in [0.4, 0.5) is 0 Å². The molecule has 0 radical (unpaired) electrons. The molecule has 0 amide bonds. The molecular weight excluding hydrogens is 372 g/mol. The van der Waals surface area contributed by atoms with Gasteiger partial charge in [0.1, 0.15) is 18.3 Å². The van der Waals surface area contributed by atoms with E-state index >= 15 is 0 Å². The van der Waals surface area contributed by atoms with Crippen LogP contribution in [0.25, 0.3) is 10.4 Å². The number of hydrogen-bond acceptors (Lipinski definition) is 9. The number of nitrogens with zero attached hydrogens (tertiary/aromatic N) is 3. The van der Waals surface area contributed by atoms with Gasteiger partial charge in [0.25, 0.3) is 0 Å². The summed E-state index contributed by atoms with van der Waals surface area (Å²) in [5.41, 5.74) is 14.2. The molecule has 2 rings (SSSR count). The highest BCUT2D eigenvalue weighted by Gasteiger charge is 2.50. The number of nitrogens with two attached hydrogens (primary N) is 1. The number of ether oxygens (including phenoxy) is 7. The Kier molecular flexibility index (Phi) is 10.4. The van der Waals surface area contributed by atoms with Crippen molar-refractivity contribution in [1.82, 2.24) is 0 Å². The van der Waals surface area contributed by atoms with E-state index in [4.69, 9.17) is 44.4 Å². The molecule has 0 aromatic carbocycles. The van der Waals surface area contributed by atoms with Crippen LogP contribution in [0.3, 0.4) is 0 Å². The molecule has 4 atom stereocenters. The molecule has 2 heterocycles. The number of fused-ring (bicyclic) bond motifs is 1. The van der Waals surface area contributed by atoms with E-state index in [1.165, 1.54) is 0 Å². The van der Waals surface area contributed by atoms with Crippen molar-refractivity contribution in [2.45, 2.75) is 44.0 Å². The van der Waals surface area contributed by atoms with Crippen LogP contribution in [0, 0.1) is 0 Å². The lowest BCUT2D eigenvalue weighted by Crippen LogP contribution is -2.56. The van der Waals surface area contributed by atoms with Gasteiger partial charge >= 0.3 is 0 Å². The van der Waals surface area contributed by atoms with Gasteiger partial charge in [-0.3, -0.25) is 0 Å². The summed E-state index contributed by atoms with van der Waals surface area (Å²) in [5, 5.41) is 3.37. The smallest absolute Gasteiger partial charge is 0.163 e. The van der Waals surface area contributed by atoms with Crippen molar-refractivity contribution in [3.63, 3.8) is 0 Å². The van der Waals surface area contributed by atoms with E-state index in [9.17, 15) is 0 Å². The first kappa shape index (κ1) is 23.3. The Morgan fingerprint density at radius 1 is 0.964 bits per heavy atom. The van der Waals surface area contributed by atoms with Crippen molar-refractivity contribution in [2.24, 2.45) is 10.8 Å². The summed E-state index contributed by atoms with van der Waals surface area (Å²) in [6.45, 7) is 8.12. The Morgan fingerprint density at radius 2 is 1.54 bits per heavy atom. The first-order chi connectivity index (χ1) is 13.5. The SMILES string of the molecule is CC1(C)O[C@@H]2[C@H](O1)[C@H](N)CO[C@@H]2COCCOCCOCCOCCN=[N+]=[N-]. The summed E-state index contributed by atoms with van der Waals surface area (Å²) in [6, 6.07) is -0.192. The van der Waals surface area contributed by atoms with Crippen molar-refractivity contribution in [2.75, 3.05) is 66.0 Å². The van der Waals surface area contributed by atoms with Crippen molar-refractivity contribution < 1.29 is 33.2 Å². The molecule has 2 aliphatic heterocycles. The predicted octanol–water partition coefficient (Wildman–Crippen LogP) is 0.609. The maximum atomic E-state index is 8.11. The van der Waals surface area contributed by atoms with Crippen LogP contribution >= 0.6 is 0 Å². The summed E-state index contributed by atoms with van der Waals surface area (Å²) < 4.78 is 39.2. The van der Waals surface area contributed by atoms with Gasteiger partial charge in [-0.2, -0.15) is 0 Å². The summed E-state index contributed by atoms with van der Waals surface area (Å²) in [7, 11) is 0. The van der Waals surface area contributed by atoms with Gasteiger partial charge in [-0.1, -0.05) is 5.11 Å². The molecule has 0 spiro atoms. The Balaban J connectivity index is 1.43. The van der Waals surface area contributed by atoms with Gasteiger partial charge in [0.15, 0.2) is 5.79 Å². The molecule has 11 nitrogen and oxygen atoms in total. The molecule has 2 aliphatic rings. The zero-order valence-electron chi connectivity index (χ0n) is 16.7. The van der Waals surface area contributed by atoms with Gasteiger partial charge in [-0.05, 0) is 19.4 Å². The molecule has 0 aromatic heterocycles. The molecule has 28 heavy (non-hydrogen) atoms. The third kappa shape index (κ3) is 8.16. The van der Waals surface area contributed by atoms with Crippen molar-refractivity contribution in [3.05, 3.63) is 10.4 Å². The lowest BCUT2D eigenvalue weighted by Gasteiger charge is -2.35. The molecule has 0 saturated carbocycles. The fraction of sp³-hybridized carbons (Fsp3) is 1.00. The standard InChI is InChI=1S/C17H32N4O7/c1-17(2)27-15-13(18)11-26-14(16(15)28-17)12-25-10-9-24-8-7-23-6-5-22-4-3-20-21-19/h13-16H,3-12,18H2,1-2H3/t13-,14-,15-,16+/m1/s1. The fourth-order valence-corrected chi connectivity index (χ4v) is 3.01. The van der Waals surface area contributed by atoms with E-state index in [1.54, 1.807) is 0 Å². The number of azide groups is 1. The largest absolute Gasteiger partial charge is 0.379 e. The van der Waals surface area contributed by atoms with Crippen LogP contribution in [0.2, 0.25) is 0 Å². The van der Waals surface area contributed by atoms with Crippen LogP contribution < -0.4 is 5.73 Å². The average Bonchev–Trinajstić information content (AvgIpc) is 3.00. The lowest BCUT2D eigenvalue weighted by molar-refractivity contribution is -0.160. The third-order valence-corrected chi connectivity index (χ3v) is 4.25. The van der Waals surface area contributed by atoms with Gasteiger partial charge < -0.3 is 38.9 Å². The number of hydrogen-bond donors (Lipinski definition) is 1. The van der Waals surface area contributed by atoms with Crippen molar-refractivity contribution >= 4 is 0 Å². The molecule has 2 N–H and O–H groups in total. The van der Waals surface area contributed by atoms with E-state index in [-0.39, 0.29) is 24.4 Å². The Bertz CT molecular complexity index is 490.